The van der Waals surface area contributed by atoms with E-state index in [1.165, 1.54) is 0 Å². The number of para-hydroxylation sites is 1. The molecule has 0 fully saturated rings. The van der Waals surface area contributed by atoms with Crippen LogP contribution in [0.2, 0.25) is 5.02 Å². The molecule has 31 heavy (non-hydrogen) atoms. The number of carbonyl (C=O) groups excluding carboxylic acids is 3. The first-order chi connectivity index (χ1) is 15.0. The molecule has 0 bridgehead atoms. The number of hydrogen-bond acceptors (Lipinski definition) is 3. The molecule has 7 heteroatoms. The van der Waals surface area contributed by atoms with E-state index < -0.39 is 17.9 Å². The molecule has 1 aliphatic heterocycles. The Hall–Kier alpha value is -3.64. The minimum absolute atomic E-state index is 0.112. The zero-order valence-corrected chi connectivity index (χ0v) is 17.3. The van der Waals surface area contributed by atoms with Gasteiger partial charge in [0.2, 0.25) is 0 Å². The van der Waals surface area contributed by atoms with Crippen LogP contribution in [0.5, 0.6) is 0 Å². The van der Waals surface area contributed by atoms with Gasteiger partial charge in [0.25, 0.3) is 5.91 Å². The first kappa shape index (κ1) is 20.6. The van der Waals surface area contributed by atoms with Crippen molar-refractivity contribution in [1.29, 1.82) is 0 Å². The fourth-order valence-electron chi connectivity index (χ4n) is 3.55. The Bertz CT molecular complexity index is 1130. The molecule has 0 aliphatic carbocycles. The molecule has 3 aromatic carbocycles. The zero-order valence-electron chi connectivity index (χ0n) is 16.5. The van der Waals surface area contributed by atoms with Gasteiger partial charge >= 0.3 is 11.8 Å². The van der Waals surface area contributed by atoms with Crippen LogP contribution in [0.3, 0.4) is 0 Å². The minimum Gasteiger partial charge on any atom is -0.344 e. The summed E-state index contributed by atoms with van der Waals surface area (Å²) in [6.45, 7) is 0.489. The first-order valence-electron chi connectivity index (χ1n) is 9.81. The van der Waals surface area contributed by atoms with Crippen LogP contribution in [0, 0.1) is 0 Å². The van der Waals surface area contributed by atoms with Crippen LogP contribution in [0.15, 0.2) is 78.9 Å². The van der Waals surface area contributed by atoms with Gasteiger partial charge < -0.3 is 15.5 Å². The number of fused-ring (bicyclic) bond motifs is 1. The van der Waals surface area contributed by atoms with Gasteiger partial charge in [0.05, 0.1) is 6.54 Å². The van der Waals surface area contributed by atoms with E-state index in [0.29, 0.717) is 22.7 Å². The highest BCUT2D eigenvalue weighted by atomic mass is 35.5. The predicted molar refractivity (Wildman–Crippen MR) is 118 cm³/mol. The standard InChI is InChI=1S/C24H20ClN3O3/c25-19-12-6-4-10-17(19)14-26-22(29)23(30)27-21-18-11-5-7-13-20(18)28(24(21)31)15-16-8-2-1-3-9-16/h1-13,21H,14-15H2,(H,26,29)(H,27,30)/t21-/m1/s1. The van der Waals surface area contributed by atoms with E-state index in [1.54, 1.807) is 41.3 Å². The van der Waals surface area contributed by atoms with E-state index in [-0.39, 0.29) is 12.5 Å². The molecular weight excluding hydrogens is 414 g/mol. The number of benzene rings is 3. The molecule has 1 atom stereocenters. The molecule has 1 aliphatic rings. The molecular formula is C24H20ClN3O3. The van der Waals surface area contributed by atoms with E-state index in [0.717, 1.165) is 11.3 Å². The van der Waals surface area contributed by atoms with Crippen molar-refractivity contribution >= 4 is 35.0 Å². The van der Waals surface area contributed by atoms with Gasteiger partial charge in [-0.25, -0.2) is 0 Å². The van der Waals surface area contributed by atoms with E-state index >= 15 is 0 Å². The average molecular weight is 434 g/mol. The molecule has 0 saturated heterocycles. The normalized spacial score (nSPS) is 14.8. The fraction of sp³-hybridized carbons (Fsp3) is 0.125. The van der Waals surface area contributed by atoms with E-state index in [1.807, 2.05) is 42.5 Å². The summed E-state index contributed by atoms with van der Waals surface area (Å²) in [7, 11) is 0. The Labute approximate surface area is 184 Å². The fourth-order valence-corrected chi connectivity index (χ4v) is 3.75. The summed E-state index contributed by atoms with van der Waals surface area (Å²) in [4.78, 5) is 39.5. The van der Waals surface area contributed by atoms with Crippen LogP contribution >= 0.6 is 11.6 Å². The molecule has 0 saturated carbocycles. The van der Waals surface area contributed by atoms with Crippen molar-refractivity contribution in [2.75, 3.05) is 4.90 Å². The van der Waals surface area contributed by atoms with Crippen molar-refractivity contribution in [3.05, 3.63) is 101 Å². The number of anilines is 1. The average Bonchev–Trinajstić information content (AvgIpc) is 3.05. The molecule has 3 amide bonds. The van der Waals surface area contributed by atoms with Gasteiger partial charge in [0.1, 0.15) is 6.04 Å². The molecule has 3 aromatic rings. The van der Waals surface area contributed by atoms with Crippen LogP contribution in [-0.2, 0) is 27.5 Å². The van der Waals surface area contributed by atoms with Gasteiger partial charge in [0.15, 0.2) is 0 Å². The molecule has 0 radical (unpaired) electrons. The molecule has 6 nitrogen and oxygen atoms in total. The summed E-state index contributed by atoms with van der Waals surface area (Å²) in [5, 5.41) is 5.62. The van der Waals surface area contributed by atoms with Gasteiger partial charge in [-0.2, -0.15) is 0 Å². The first-order valence-corrected chi connectivity index (χ1v) is 10.2. The van der Waals surface area contributed by atoms with Crippen molar-refractivity contribution < 1.29 is 14.4 Å². The highest BCUT2D eigenvalue weighted by Gasteiger charge is 2.38. The third kappa shape index (κ3) is 4.44. The highest BCUT2D eigenvalue weighted by Crippen LogP contribution is 2.36. The number of rotatable bonds is 5. The number of hydrogen-bond donors (Lipinski definition) is 2. The second-order valence-electron chi connectivity index (χ2n) is 7.15. The maximum absolute atomic E-state index is 13.1. The maximum atomic E-state index is 13.1. The SMILES string of the molecule is O=C(NCc1ccccc1Cl)C(=O)N[C@H]1C(=O)N(Cc2ccccc2)c2ccccc21. The van der Waals surface area contributed by atoms with E-state index in [2.05, 4.69) is 10.6 Å². The molecule has 1 heterocycles. The summed E-state index contributed by atoms with van der Waals surface area (Å²) >= 11 is 6.08. The lowest BCUT2D eigenvalue weighted by Crippen LogP contribution is -2.44. The summed E-state index contributed by atoms with van der Waals surface area (Å²) < 4.78 is 0. The second-order valence-corrected chi connectivity index (χ2v) is 7.56. The summed E-state index contributed by atoms with van der Waals surface area (Å²) in [5.41, 5.74) is 3.05. The topological polar surface area (TPSA) is 78.5 Å². The summed E-state index contributed by atoms with van der Waals surface area (Å²) in [6.07, 6.45) is 0. The second kappa shape index (κ2) is 9.02. The van der Waals surface area contributed by atoms with Crippen LogP contribution < -0.4 is 15.5 Å². The van der Waals surface area contributed by atoms with Crippen molar-refractivity contribution in [2.24, 2.45) is 0 Å². The number of amides is 3. The van der Waals surface area contributed by atoms with Gasteiger partial charge in [-0.15, -0.1) is 0 Å². The predicted octanol–water partition coefficient (Wildman–Crippen LogP) is 3.36. The largest absolute Gasteiger partial charge is 0.344 e. The lowest BCUT2D eigenvalue weighted by molar-refractivity contribution is -0.140. The lowest BCUT2D eigenvalue weighted by Gasteiger charge is -2.18. The number of halogens is 1. The van der Waals surface area contributed by atoms with Crippen molar-refractivity contribution in [2.45, 2.75) is 19.1 Å². The monoisotopic (exact) mass is 433 g/mol. The van der Waals surface area contributed by atoms with Crippen LogP contribution in [0.25, 0.3) is 0 Å². The van der Waals surface area contributed by atoms with Gasteiger partial charge in [-0.05, 0) is 23.3 Å². The van der Waals surface area contributed by atoms with Crippen molar-refractivity contribution in [1.82, 2.24) is 10.6 Å². The Balaban J connectivity index is 1.46. The zero-order chi connectivity index (χ0) is 21.8. The van der Waals surface area contributed by atoms with Gasteiger partial charge in [-0.1, -0.05) is 78.3 Å². The summed E-state index contributed by atoms with van der Waals surface area (Å²) in [5.74, 6) is -1.98. The summed E-state index contributed by atoms with van der Waals surface area (Å²) in [6, 6.07) is 23.0. The molecule has 0 aromatic heterocycles. The smallest absolute Gasteiger partial charge is 0.310 e. The minimum atomic E-state index is -0.918. The quantitative estimate of drug-likeness (QED) is 0.605. The van der Waals surface area contributed by atoms with Crippen molar-refractivity contribution in [3.63, 3.8) is 0 Å². The van der Waals surface area contributed by atoms with Crippen LogP contribution in [0.1, 0.15) is 22.7 Å². The Morgan fingerprint density at radius 2 is 1.55 bits per heavy atom. The van der Waals surface area contributed by atoms with E-state index in [9.17, 15) is 14.4 Å². The van der Waals surface area contributed by atoms with Crippen molar-refractivity contribution in [3.8, 4) is 0 Å². The third-order valence-electron chi connectivity index (χ3n) is 5.11. The molecule has 4 rings (SSSR count). The lowest BCUT2D eigenvalue weighted by atomic mass is 10.1. The molecule has 156 valence electrons. The van der Waals surface area contributed by atoms with Crippen LogP contribution in [-0.4, -0.2) is 17.7 Å². The Kier molecular flexibility index (Phi) is 6.00. The number of nitrogens with one attached hydrogen (secondary N) is 2. The maximum Gasteiger partial charge on any atom is 0.310 e. The molecule has 0 unspecified atom stereocenters. The molecule has 0 spiro atoms. The van der Waals surface area contributed by atoms with Gasteiger partial charge in [0, 0.05) is 22.8 Å². The third-order valence-corrected chi connectivity index (χ3v) is 5.48. The number of carbonyl (C=O) groups is 3. The Morgan fingerprint density at radius 3 is 2.32 bits per heavy atom. The van der Waals surface area contributed by atoms with Gasteiger partial charge in [-0.3, -0.25) is 14.4 Å². The Morgan fingerprint density at radius 1 is 0.871 bits per heavy atom. The van der Waals surface area contributed by atoms with E-state index in [4.69, 9.17) is 11.6 Å². The molecule has 2 N–H and O–H groups in total. The van der Waals surface area contributed by atoms with Crippen LogP contribution in [0.4, 0.5) is 5.69 Å². The number of nitrogens with zero attached hydrogens (tertiary/aromatic N) is 1. The highest BCUT2D eigenvalue weighted by molar-refractivity contribution is 6.36.